The lowest BCUT2D eigenvalue weighted by Gasteiger charge is -2.28. The fourth-order valence-electron chi connectivity index (χ4n) is 4.73. The van der Waals surface area contributed by atoms with Crippen LogP contribution >= 0.6 is 0 Å². The molecule has 0 unspecified atom stereocenters. The molecule has 1 fully saturated rings. The second-order valence-electron chi connectivity index (χ2n) is 9.46. The monoisotopic (exact) mass is 457 g/mol. The molecule has 1 N–H and O–H groups in total. The highest BCUT2D eigenvalue weighted by Gasteiger charge is 2.21. The van der Waals surface area contributed by atoms with Crippen molar-refractivity contribution < 1.29 is 9.21 Å². The second-order valence-corrected chi connectivity index (χ2v) is 9.46. The van der Waals surface area contributed by atoms with Crippen LogP contribution in [0.4, 0.5) is 5.69 Å². The van der Waals surface area contributed by atoms with Gasteiger partial charge in [0.1, 0.15) is 6.54 Å². The van der Waals surface area contributed by atoms with Crippen LogP contribution in [0.1, 0.15) is 36.8 Å². The molecule has 5 rings (SSSR count). The number of hydrogen-bond acceptors (Lipinski definition) is 5. The Morgan fingerprint density at radius 1 is 1.06 bits per heavy atom. The minimum atomic E-state index is -0.0738. The minimum Gasteiger partial charge on any atom is -0.419 e. The molecular formula is C27H31N5O2. The third-order valence-corrected chi connectivity index (χ3v) is 6.78. The Hall–Kier alpha value is -3.45. The molecule has 2 aromatic carbocycles. The summed E-state index contributed by atoms with van der Waals surface area (Å²) >= 11 is 0. The van der Waals surface area contributed by atoms with Gasteiger partial charge < -0.3 is 14.3 Å². The zero-order chi connectivity index (χ0) is 23.7. The fraction of sp³-hybridized carbons (Fsp3) is 0.370. The summed E-state index contributed by atoms with van der Waals surface area (Å²) in [6.45, 7) is 9.31. The van der Waals surface area contributed by atoms with Crippen LogP contribution < -0.4 is 5.32 Å². The number of likely N-dealkylation sites (tertiary alicyclic amines) is 1. The summed E-state index contributed by atoms with van der Waals surface area (Å²) in [6, 6.07) is 14.0. The standard InChI is InChI=1S/C27H31N5O2/c1-18-11-13-31(14-12-18)17-25-29-30-27(34-25)22-15-32(23-10-5-4-9-21(22)23)16-24(33)28-26-19(2)7-6-8-20(26)3/h4-10,15,18H,11-14,16-17H2,1-3H3,(H,28,33). The SMILES string of the molecule is Cc1cccc(C)c1NC(=O)Cn1cc(-c2nnc(CN3CCC(C)CC3)o2)c2ccccc21. The van der Waals surface area contributed by atoms with Crippen molar-refractivity contribution >= 4 is 22.5 Å². The Balaban J connectivity index is 1.37. The number of piperidine rings is 1. The predicted molar refractivity (Wildman–Crippen MR) is 133 cm³/mol. The Bertz CT molecular complexity index is 1290. The molecule has 0 spiro atoms. The van der Waals surface area contributed by atoms with Crippen LogP contribution in [0.15, 0.2) is 53.1 Å². The van der Waals surface area contributed by atoms with E-state index in [-0.39, 0.29) is 12.5 Å². The van der Waals surface area contributed by atoms with Gasteiger partial charge in [-0.15, -0.1) is 10.2 Å². The van der Waals surface area contributed by atoms with E-state index in [9.17, 15) is 4.79 Å². The number of benzene rings is 2. The van der Waals surface area contributed by atoms with E-state index in [2.05, 4.69) is 27.3 Å². The van der Waals surface area contributed by atoms with Crippen LogP contribution in [0.3, 0.4) is 0 Å². The zero-order valence-electron chi connectivity index (χ0n) is 20.0. The number of para-hydroxylation sites is 2. The molecule has 0 bridgehead atoms. The molecule has 1 aliphatic rings. The van der Waals surface area contributed by atoms with E-state index in [0.717, 1.165) is 52.3 Å². The van der Waals surface area contributed by atoms with E-state index in [1.165, 1.54) is 12.8 Å². The summed E-state index contributed by atoms with van der Waals surface area (Å²) in [5.41, 5.74) is 4.78. The molecule has 34 heavy (non-hydrogen) atoms. The summed E-state index contributed by atoms with van der Waals surface area (Å²) < 4.78 is 8.02. The Labute approximate surface area is 199 Å². The van der Waals surface area contributed by atoms with E-state index in [0.29, 0.717) is 18.3 Å². The average Bonchev–Trinajstić information content (AvgIpc) is 3.43. The van der Waals surface area contributed by atoms with Gasteiger partial charge in [0.15, 0.2) is 0 Å². The number of hydrogen-bond donors (Lipinski definition) is 1. The molecular weight excluding hydrogens is 426 g/mol. The molecule has 1 amide bonds. The van der Waals surface area contributed by atoms with Gasteiger partial charge in [-0.3, -0.25) is 9.69 Å². The van der Waals surface area contributed by atoms with Gasteiger partial charge in [-0.25, -0.2) is 0 Å². The van der Waals surface area contributed by atoms with Crippen molar-refractivity contribution in [3.05, 3.63) is 65.7 Å². The normalized spacial score (nSPS) is 15.1. The number of aromatic nitrogens is 3. The second kappa shape index (κ2) is 9.43. The maximum atomic E-state index is 12.9. The lowest BCUT2D eigenvalue weighted by molar-refractivity contribution is -0.116. The van der Waals surface area contributed by atoms with Crippen molar-refractivity contribution in [3.63, 3.8) is 0 Å². The smallest absolute Gasteiger partial charge is 0.249 e. The number of anilines is 1. The van der Waals surface area contributed by atoms with Gasteiger partial charge >= 0.3 is 0 Å². The molecule has 4 aromatic rings. The van der Waals surface area contributed by atoms with Crippen molar-refractivity contribution in [3.8, 4) is 11.5 Å². The van der Waals surface area contributed by atoms with Gasteiger partial charge in [-0.1, -0.05) is 43.3 Å². The number of nitrogens with one attached hydrogen (secondary N) is 1. The molecule has 0 saturated carbocycles. The molecule has 1 aliphatic heterocycles. The largest absolute Gasteiger partial charge is 0.419 e. The fourth-order valence-corrected chi connectivity index (χ4v) is 4.73. The predicted octanol–water partition coefficient (Wildman–Crippen LogP) is 5.18. The minimum absolute atomic E-state index is 0.0738. The van der Waals surface area contributed by atoms with Crippen molar-refractivity contribution in [1.29, 1.82) is 0 Å². The molecule has 176 valence electrons. The van der Waals surface area contributed by atoms with Crippen LogP contribution in [0.25, 0.3) is 22.4 Å². The Morgan fingerprint density at radius 3 is 2.56 bits per heavy atom. The maximum Gasteiger partial charge on any atom is 0.249 e. The Morgan fingerprint density at radius 2 is 1.79 bits per heavy atom. The van der Waals surface area contributed by atoms with E-state index >= 15 is 0 Å². The van der Waals surface area contributed by atoms with Crippen molar-refractivity contribution in [2.45, 2.75) is 46.7 Å². The summed E-state index contributed by atoms with van der Waals surface area (Å²) in [5, 5.41) is 12.7. The van der Waals surface area contributed by atoms with E-state index in [4.69, 9.17) is 4.42 Å². The lowest BCUT2D eigenvalue weighted by atomic mass is 9.99. The summed E-state index contributed by atoms with van der Waals surface area (Å²) in [6.07, 6.45) is 4.35. The van der Waals surface area contributed by atoms with E-state index in [1.807, 2.05) is 67.1 Å². The third-order valence-electron chi connectivity index (χ3n) is 6.78. The molecule has 0 atom stereocenters. The van der Waals surface area contributed by atoms with Crippen LogP contribution in [-0.2, 0) is 17.9 Å². The first-order valence-electron chi connectivity index (χ1n) is 12.0. The quantitative estimate of drug-likeness (QED) is 0.432. The van der Waals surface area contributed by atoms with Gasteiger partial charge in [0.05, 0.1) is 12.1 Å². The number of aryl methyl sites for hydroxylation is 2. The Kier molecular flexibility index (Phi) is 6.20. The maximum absolute atomic E-state index is 12.9. The highest BCUT2D eigenvalue weighted by molar-refractivity contribution is 5.97. The van der Waals surface area contributed by atoms with Gasteiger partial charge in [0.2, 0.25) is 17.7 Å². The molecule has 1 saturated heterocycles. The number of fused-ring (bicyclic) bond motifs is 1. The number of carbonyl (C=O) groups excluding carboxylic acids is 1. The summed E-state index contributed by atoms with van der Waals surface area (Å²) in [4.78, 5) is 15.3. The molecule has 2 aromatic heterocycles. The highest BCUT2D eigenvalue weighted by atomic mass is 16.4. The van der Waals surface area contributed by atoms with Crippen LogP contribution in [0.5, 0.6) is 0 Å². The molecule has 7 nitrogen and oxygen atoms in total. The third kappa shape index (κ3) is 4.61. The van der Waals surface area contributed by atoms with Gasteiger partial charge in [-0.2, -0.15) is 0 Å². The molecule has 7 heteroatoms. The lowest BCUT2D eigenvalue weighted by Crippen LogP contribution is -2.32. The average molecular weight is 458 g/mol. The molecule has 0 radical (unpaired) electrons. The first-order valence-corrected chi connectivity index (χ1v) is 12.0. The van der Waals surface area contributed by atoms with Gasteiger partial charge in [-0.05, 0) is 62.9 Å². The van der Waals surface area contributed by atoms with E-state index < -0.39 is 0 Å². The summed E-state index contributed by atoms with van der Waals surface area (Å²) in [7, 11) is 0. The number of nitrogens with zero attached hydrogens (tertiary/aromatic N) is 4. The number of carbonyl (C=O) groups is 1. The van der Waals surface area contributed by atoms with Crippen molar-refractivity contribution in [2.75, 3.05) is 18.4 Å². The topological polar surface area (TPSA) is 76.2 Å². The van der Waals surface area contributed by atoms with Crippen LogP contribution in [0.2, 0.25) is 0 Å². The molecule has 0 aliphatic carbocycles. The highest BCUT2D eigenvalue weighted by Crippen LogP contribution is 2.30. The van der Waals surface area contributed by atoms with Gasteiger partial charge in [0, 0.05) is 22.8 Å². The first-order chi connectivity index (χ1) is 16.5. The number of rotatable bonds is 6. The van der Waals surface area contributed by atoms with E-state index in [1.54, 1.807) is 0 Å². The van der Waals surface area contributed by atoms with Gasteiger partial charge in [0.25, 0.3) is 0 Å². The van der Waals surface area contributed by atoms with Crippen molar-refractivity contribution in [2.24, 2.45) is 5.92 Å². The first kappa shape index (κ1) is 22.3. The number of amides is 1. The van der Waals surface area contributed by atoms with Crippen LogP contribution in [0, 0.1) is 19.8 Å². The summed E-state index contributed by atoms with van der Waals surface area (Å²) in [5.74, 6) is 1.84. The van der Waals surface area contributed by atoms with Crippen molar-refractivity contribution in [1.82, 2.24) is 19.7 Å². The molecule has 3 heterocycles. The van der Waals surface area contributed by atoms with Crippen LogP contribution in [-0.4, -0.2) is 38.7 Å². The zero-order valence-corrected chi connectivity index (χ0v) is 20.0.